The van der Waals surface area contributed by atoms with Gasteiger partial charge in [-0.25, -0.2) is 4.79 Å². The molecular weight excluding hydrogens is 288 g/mol. The lowest BCUT2D eigenvalue weighted by molar-refractivity contribution is -0.126. The molecule has 1 aliphatic carbocycles. The zero-order valence-electron chi connectivity index (χ0n) is 13.3. The number of hydrogen-bond acceptors (Lipinski definition) is 4. The number of carbonyl (C=O) groups excluding carboxylic acids is 2. The van der Waals surface area contributed by atoms with Crippen molar-refractivity contribution in [3.05, 3.63) is 0 Å². The van der Waals surface area contributed by atoms with Gasteiger partial charge in [-0.15, -0.1) is 11.8 Å². The maximum atomic E-state index is 12.5. The summed E-state index contributed by atoms with van der Waals surface area (Å²) in [6.07, 6.45) is 2.98. The third kappa shape index (κ3) is 4.28. The van der Waals surface area contributed by atoms with Crippen LogP contribution in [0.25, 0.3) is 0 Å². The van der Waals surface area contributed by atoms with E-state index in [1.54, 1.807) is 16.7 Å². The summed E-state index contributed by atoms with van der Waals surface area (Å²) < 4.78 is 5.39. The highest BCUT2D eigenvalue weighted by molar-refractivity contribution is 7.99. The summed E-state index contributed by atoms with van der Waals surface area (Å²) in [5.41, 5.74) is -0.536. The third-order valence-electron chi connectivity index (χ3n) is 4.00. The maximum absolute atomic E-state index is 12.5. The fraction of sp³-hybridized carbons (Fsp3) is 0.867. The van der Waals surface area contributed by atoms with Gasteiger partial charge < -0.3 is 10.1 Å². The van der Waals surface area contributed by atoms with E-state index in [1.807, 2.05) is 20.8 Å². The SMILES string of the molecule is C[C@@H]1CCC[C@H]1NC(=O)[C@H]1CSCN1C(=O)OC(C)(C)C. The fourth-order valence-electron chi connectivity index (χ4n) is 2.80. The number of hydrogen-bond donors (Lipinski definition) is 1. The molecule has 0 aromatic rings. The van der Waals surface area contributed by atoms with Crippen molar-refractivity contribution in [2.75, 3.05) is 11.6 Å². The summed E-state index contributed by atoms with van der Waals surface area (Å²) >= 11 is 1.60. The predicted molar refractivity (Wildman–Crippen MR) is 84.1 cm³/mol. The second kappa shape index (κ2) is 6.46. The van der Waals surface area contributed by atoms with Gasteiger partial charge in [0.05, 0.1) is 5.88 Å². The molecule has 2 fully saturated rings. The lowest BCUT2D eigenvalue weighted by Gasteiger charge is -2.28. The van der Waals surface area contributed by atoms with Crippen LogP contribution in [0.2, 0.25) is 0 Å². The molecule has 1 N–H and O–H groups in total. The van der Waals surface area contributed by atoms with Crippen LogP contribution in [0.3, 0.4) is 0 Å². The van der Waals surface area contributed by atoms with E-state index >= 15 is 0 Å². The van der Waals surface area contributed by atoms with Crippen LogP contribution in [-0.4, -0.2) is 46.2 Å². The van der Waals surface area contributed by atoms with Gasteiger partial charge in [0.1, 0.15) is 11.6 Å². The molecule has 0 radical (unpaired) electrons. The molecule has 5 nitrogen and oxygen atoms in total. The molecule has 1 heterocycles. The van der Waals surface area contributed by atoms with Crippen molar-refractivity contribution in [3.8, 4) is 0 Å². The summed E-state index contributed by atoms with van der Waals surface area (Å²) in [6, 6.07) is -0.152. The van der Waals surface area contributed by atoms with Crippen molar-refractivity contribution >= 4 is 23.8 Å². The van der Waals surface area contributed by atoms with Gasteiger partial charge in [-0.1, -0.05) is 13.3 Å². The minimum Gasteiger partial charge on any atom is -0.444 e. The number of ether oxygens (including phenoxy) is 1. The number of amides is 2. The number of nitrogens with one attached hydrogen (secondary N) is 1. The van der Waals surface area contributed by atoms with Gasteiger partial charge in [-0.05, 0) is 39.5 Å². The zero-order valence-corrected chi connectivity index (χ0v) is 14.2. The topological polar surface area (TPSA) is 58.6 Å². The number of rotatable bonds is 2. The van der Waals surface area contributed by atoms with Gasteiger partial charge in [0, 0.05) is 11.8 Å². The summed E-state index contributed by atoms with van der Waals surface area (Å²) in [4.78, 5) is 26.2. The van der Waals surface area contributed by atoms with Crippen LogP contribution in [0.4, 0.5) is 4.79 Å². The molecule has 0 spiro atoms. The van der Waals surface area contributed by atoms with Gasteiger partial charge in [-0.3, -0.25) is 9.69 Å². The van der Waals surface area contributed by atoms with E-state index in [2.05, 4.69) is 12.2 Å². The predicted octanol–water partition coefficient (Wildman–Crippen LogP) is 2.60. The molecule has 1 saturated heterocycles. The summed E-state index contributed by atoms with van der Waals surface area (Å²) in [7, 11) is 0. The second-order valence-electron chi connectivity index (χ2n) is 6.99. The average molecular weight is 314 g/mol. The van der Waals surface area contributed by atoms with E-state index < -0.39 is 17.7 Å². The van der Waals surface area contributed by atoms with E-state index in [9.17, 15) is 9.59 Å². The Morgan fingerprint density at radius 1 is 1.29 bits per heavy atom. The molecule has 6 heteroatoms. The Morgan fingerprint density at radius 2 is 2.00 bits per heavy atom. The monoisotopic (exact) mass is 314 g/mol. The fourth-order valence-corrected chi connectivity index (χ4v) is 3.94. The molecule has 2 amide bonds. The minimum absolute atomic E-state index is 0.0374. The Morgan fingerprint density at radius 3 is 2.57 bits per heavy atom. The second-order valence-corrected chi connectivity index (χ2v) is 7.99. The molecule has 2 rings (SSSR count). The Hall–Kier alpha value is -0.910. The van der Waals surface area contributed by atoms with E-state index in [-0.39, 0.29) is 11.9 Å². The van der Waals surface area contributed by atoms with Crippen molar-refractivity contribution in [1.82, 2.24) is 10.2 Å². The Kier molecular flexibility index (Phi) is 5.07. The van der Waals surface area contributed by atoms with Crippen LogP contribution < -0.4 is 5.32 Å². The maximum Gasteiger partial charge on any atom is 0.411 e. The van der Waals surface area contributed by atoms with Crippen molar-refractivity contribution in [2.24, 2.45) is 5.92 Å². The zero-order chi connectivity index (χ0) is 15.6. The van der Waals surface area contributed by atoms with Crippen LogP contribution in [0.1, 0.15) is 47.0 Å². The van der Waals surface area contributed by atoms with Crippen LogP contribution in [-0.2, 0) is 9.53 Å². The molecule has 3 atom stereocenters. The van der Waals surface area contributed by atoms with Crippen LogP contribution in [0, 0.1) is 5.92 Å². The molecule has 120 valence electrons. The van der Waals surface area contributed by atoms with E-state index in [1.165, 1.54) is 12.8 Å². The molecule has 0 bridgehead atoms. The van der Waals surface area contributed by atoms with E-state index in [0.29, 0.717) is 17.5 Å². The van der Waals surface area contributed by atoms with E-state index in [4.69, 9.17) is 4.74 Å². The summed E-state index contributed by atoms with van der Waals surface area (Å²) in [6.45, 7) is 7.68. The molecule has 0 unspecified atom stereocenters. The first-order chi connectivity index (χ1) is 9.78. The molecule has 2 aliphatic rings. The highest BCUT2D eigenvalue weighted by atomic mass is 32.2. The smallest absolute Gasteiger partial charge is 0.411 e. The minimum atomic E-state index is -0.536. The third-order valence-corrected chi connectivity index (χ3v) is 5.01. The molecule has 0 aromatic heterocycles. The summed E-state index contributed by atoms with van der Waals surface area (Å²) in [5, 5.41) is 3.12. The van der Waals surface area contributed by atoms with Crippen molar-refractivity contribution in [3.63, 3.8) is 0 Å². The van der Waals surface area contributed by atoms with Crippen LogP contribution >= 0.6 is 11.8 Å². The van der Waals surface area contributed by atoms with Gasteiger partial charge in [-0.2, -0.15) is 0 Å². The van der Waals surface area contributed by atoms with Gasteiger partial charge >= 0.3 is 6.09 Å². The Balaban J connectivity index is 1.94. The number of carbonyl (C=O) groups is 2. The standard InChI is InChI=1S/C15H26N2O3S/c1-10-6-5-7-11(10)16-13(18)12-8-21-9-17(12)14(19)20-15(2,3)4/h10-12H,5-9H2,1-4H3,(H,16,18)/t10-,11-,12-/m1/s1. The molecular formula is C15H26N2O3S. The molecule has 0 aromatic carbocycles. The highest BCUT2D eigenvalue weighted by Gasteiger charge is 2.38. The molecule has 1 saturated carbocycles. The van der Waals surface area contributed by atoms with Crippen LogP contribution in [0.5, 0.6) is 0 Å². The van der Waals surface area contributed by atoms with Gasteiger partial charge in [0.15, 0.2) is 0 Å². The van der Waals surface area contributed by atoms with Crippen molar-refractivity contribution < 1.29 is 14.3 Å². The van der Waals surface area contributed by atoms with Crippen molar-refractivity contribution in [1.29, 1.82) is 0 Å². The lowest BCUT2D eigenvalue weighted by atomic mass is 10.1. The Labute approximate surface area is 131 Å². The van der Waals surface area contributed by atoms with Gasteiger partial charge in [0.2, 0.25) is 5.91 Å². The lowest BCUT2D eigenvalue weighted by Crippen LogP contribution is -2.51. The van der Waals surface area contributed by atoms with Crippen molar-refractivity contribution in [2.45, 2.75) is 64.6 Å². The quantitative estimate of drug-likeness (QED) is 0.851. The molecule has 21 heavy (non-hydrogen) atoms. The Bertz CT molecular complexity index is 408. The first kappa shape index (κ1) is 16.5. The largest absolute Gasteiger partial charge is 0.444 e. The van der Waals surface area contributed by atoms with Gasteiger partial charge in [0.25, 0.3) is 0 Å². The highest BCUT2D eigenvalue weighted by Crippen LogP contribution is 2.27. The number of nitrogens with zero attached hydrogens (tertiary/aromatic N) is 1. The normalized spacial score (nSPS) is 29.5. The average Bonchev–Trinajstić information content (AvgIpc) is 2.96. The van der Waals surface area contributed by atoms with E-state index in [0.717, 1.165) is 6.42 Å². The first-order valence-electron chi connectivity index (χ1n) is 7.65. The molecule has 1 aliphatic heterocycles. The summed E-state index contributed by atoms with van der Waals surface area (Å²) in [5.74, 6) is 1.65. The number of thioether (sulfide) groups is 1. The van der Waals surface area contributed by atoms with Crippen LogP contribution in [0.15, 0.2) is 0 Å². The first-order valence-corrected chi connectivity index (χ1v) is 8.81.